The van der Waals surface area contributed by atoms with E-state index < -0.39 is 0 Å². The molecule has 2 rings (SSSR count). The van der Waals surface area contributed by atoms with Crippen LogP contribution in [0.3, 0.4) is 0 Å². The average molecular weight is 435 g/mol. The van der Waals surface area contributed by atoms with E-state index >= 15 is 0 Å². The van der Waals surface area contributed by atoms with Crippen LogP contribution in [-0.2, 0) is 0 Å². The van der Waals surface area contributed by atoms with Crippen LogP contribution in [0.2, 0.25) is 0 Å². The smallest absolute Gasteiger partial charge is 0.109 e. The number of nitrogens with zero attached hydrogens (tertiary/aromatic N) is 4. The zero-order chi connectivity index (χ0) is 17.5. The summed E-state index contributed by atoms with van der Waals surface area (Å²) in [5, 5.41) is 12.2. The third-order valence-electron chi connectivity index (χ3n) is 3.39. The van der Waals surface area contributed by atoms with Crippen molar-refractivity contribution in [3.63, 3.8) is 0 Å². The Morgan fingerprint density at radius 1 is 1.29 bits per heavy atom. The predicted molar refractivity (Wildman–Crippen MR) is 110 cm³/mol. The van der Waals surface area contributed by atoms with Gasteiger partial charge in [0.2, 0.25) is 0 Å². The van der Waals surface area contributed by atoms with Crippen LogP contribution in [0.5, 0.6) is 0 Å². The molecule has 0 radical (unpaired) electrons. The first kappa shape index (κ1) is 18.3. The first-order chi connectivity index (χ1) is 11.5. The van der Waals surface area contributed by atoms with E-state index in [2.05, 4.69) is 61.7 Å². The average Bonchev–Trinajstić information content (AvgIpc) is 2.94. The summed E-state index contributed by atoms with van der Waals surface area (Å²) in [7, 11) is 4.04. The van der Waals surface area contributed by atoms with Gasteiger partial charge in [-0.25, -0.2) is 0 Å². The summed E-state index contributed by atoms with van der Waals surface area (Å²) < 4.78 is 1.97. The predicted octanol–water partition coefficient (Wildman–Crippen LogP) is 3.71. The Labute approximate surface area is 156 Å². The van der Waals surface area contributed by atoms with E-state index in [1.807, 2.05) is 55.5 Å². The Balaban J connectivity index is 2.10. The fraction of sp³-hybridized carbons (Fsp3) is 0.222. The fourth-order valence-corrected chi connectivity index (χ4v) is 2.27. The van der Waals surface area contributed by atoms with Crippen molar-refractivity contribution in [3.8, 4) is 5.69 Å². The lowest BCUT2D eigenvalue weighted by Gasteiger charge is -2.12. The zero-order valence-electron chi connectivity index (χ0n) is 14.2. The SMILES string of the molecule is C=C(/C=C\c1nn(-c2ccc(N(C)C)cc2)nc1C)NC/C=C/I. The molecule has 0 aliphatic rings. The molecule has 1 N–H and O–H groups in total. The van der Waals surface area contributed by atoms with Gasteiger partial charge in [0.25, 0.3) is 0 Å². The summed E-state index contributed by atoms with van der Waals surface area (Å²) in [6.07, 6.45) is 5.87. The minimum Gasteiger partial charge on any atom is -0.382 e. The van der Waals surface area contributed by atoms with Crippen molar-refractivity contribution in [1.82, 2.24) is 20.3 Å². The van der Waals surface area contributed by atoms with Crippen molar-refractivity contribution in [2.75, 3.05) is 25.5 Å². The van der Waals surface area contributed by atoms with Gasteiger partial charge in [-0.2, -0.15) is 9.90 Å². The van der Waals surface area contributed by atoms with Crippen molar-refractivity contribution >= 4 is 34.4 Å². The number of hydrogen-bond acceptors (Lipinski definition) is 4. The molecule has 1 heterocycles. The number of nitrogens with one attached hydrogen (secondary N) is 1. The minimum absolute atomic E-state index is 0.760. The van der Waals surface area contributed by atoms with Crippen molar-refractivity contribution < 1.29 is 0 Å². The Kier molecular flexibility index (Phi) is 6.60. The lowest BCUT2D eigenvalue weighted by molar-refractivity contribution is 0.744. The van der Waals surface area contributed by atoms with Crippen LogP contribution in [0.1, 0.15) is 11.4 Å². The quantitative estimate of drug-likeness (QED) is 0.532. The second kappa shape index (κ2) is 8.68. The molecule has 0 aliphatic heterocycles. The highest BCUT2D eigenvalue weighted by atomic mass is 127. The van der Waals surface area contributed by atoms with Crippen molar-refractivity contribution in [2.24, 2.45) is 0 Å². The number of rotatable bonds is 7. The molecular formula is C18H22IN5. The lowest BCUT2D eigenvalue weighted by Crippen LogP contribution is -2.09. The third kappa shape index (κ3) is 4.95. The van der Waals surface area contributed by atoms with Crippen LogP contribution in [0.4, 0.5) is 5.69 Å². The van der Waals surface area contributed by atoms with Gasteiger partial charge >= 0.3 is 0 Å². The zero-order valence-corrected chi connectivity index (χ0v) is 16.4. The molecule has 0 bridgehead atoms. The van der Waals surface area contributed by atoms with Gasteiger partial charge in [-0.3, -0.25) is 0 Å². The van der Waals surface area contributed by atoms with Gasteiger partial charge in [0, 0.05) is 32.0 Å². The highest BCUT2D eigenvalue weighted by Gasteiger charge is 2.06. The maximum absolute atomic E-state index is 4.54. The molecule has 0 saturated heterocycles. The molecule has 6 heteroatoms. The Bertz CT molecular complexity index is 741. The summed E-state index contributed by atoms with van der Waals surface area (Å²) in [6.45, 7) is 6.68. The number of anilines is 1. The van der Waals surface area contributed by atoms with Crippen LogP contribution >= 0.6 is 22.6 Å². The van der Waals surface area contributed by atoms with Gasteiger partial charge in [0.1, 0.15) is 5.69 Å². The molecule has 1 aromatic carbocycles. The standard InChI is InChI=1S/C18H22IN5/c1-14(20-13-5-12-19)6-11-18-15(2)21-24(22-18)17-9-7-16(8-10-17)23(3)4/h5-12,20H,1,13H2,2-4H3/b11-6-,12-5+. The van der Waals surface area contributed by atoms with E-state index in [0.29, 0.717) is 0 Å². The van der Waals surface area contributed by atoms with Gasteiger partial charge < -0.3 is 10.2 Å². The molecule has 24 heavy (non-hydrogen) atoms. The molecule has 0 unspecified atom stereocenters. The highest BCUT2D eigenvalue weighted by Crippen LogP contribution is 2.15. The maximum Gasteiger partial charge on any atom is 0.109 e. The Morgan fingerprint density at radius 3 is 2.62 bits per heavy atom. The minimum atomic E-state index is 0.760. The van der Waals surface area contributed by atoms with Gasteiger partial charge in [0.05, 0.1) is 11.4 Å². The van der Waals surface area contributed by atoms with Crippen LogP contribution in [0.15, 0.2) is 52.8 Å². The van der Waals surface area contributed by atoms with Gasteiger partial charge in [0.15, 0.2) is 0 Å². The Hall–Kier alpha value is -2.09. The van der Waals surface area contributed by atoms with Gasteiger partial charge in [-0.1, -0.05) is 35.2 Å². The lowest BCUT2D eigenvalue weighted by atomic mass is 10.3. The first-order valence-electron chi connectivity index (χ1n) is 7.59. The van der Waals surface area contributed by atoms with E-state index in [4.69, 9.17) is 0 Å². The largest absolute Gasteiger partial charge is 0.382 e. The van der Waals surface area contributed by atoms with E-state index in [9.17, 15) is 0 Å². The number of aromatic nitrogens is 3. The van der Waals surface area contributed by atoms with Crippen molar-refractivity contribution in [1.29, 1.82) is 0 Å². The molecule has 1 aromatic heterocycles. The Morgan fingerprint density at radius 2 is 2.00 bits per heavy atom. The monoisotopic (exact) mass is 435 g/mol. The highest BCUT2D eigenvalue weighted by molar-refractivity contribution is 14.1. The summed E-state index contributed by atoms with van der Waals surface area (Å²) in [4.78, 5) is 3.72. The number of aryl methyl sites for hydroxylation is 1. The van der Waals surface area contributed by atoms with Crippen molar-refractivity contribution in [2.45, 2.75) is 6.92 Å². The second-order valence-electron chi connectivity index (χ2n) is 5.47. The summed E-state index contributed by atoms with van der Waals surface area (Å²) in [5.74, 6) is 0. The van der Waals surface area contributed by atoms with Crippen molar-refractivity contribution in [3.05, 3.63) is 64.2 Å². The second-order valence-corrected chi connectivity index (χ2v) is 6.19. The van der Waals surface area contributed by atoms with Crippen LogP contribution in [-0.4, -0.2) is 35.6 Å². The number of halogens is 1. The van der Waals surface area contributed by atoms with Gasteiger partial charge in [-0.15, -0.1) is 5.10 Å². The maximum atomic E-state index is 4.54. The number of allylic oxidation sites excluding steroid dienone is 1. The normalized spacial score (nSPS) is 11.3. The first-order valence-corrected chi connectivity index (χ1v) is 8.83. The van der Waals surface area contributed by atoms with Crippen LogP contribution < -0.4 is 10.2 Å². The molecule has 0 amide bonds. The summed E-state index contributed by atoms with van der Waals surface area (Å²) in [5.41, 5.74) is 4.63. The van der Waals surface area contributed by atoms with Gasteiger partial charge in [-0.05, 0) is 47.4 Å². The van der Waals surface area contributed by atoms with E-state index in [0.717, 1.165) is 35.0 Å². The van der Waals surface area contributed by atoms with Crippen LogP contribution in [0, 0.1) is 6.92 Å². The molecule has 0 aliphatic carbocycles. The topological polar surface area (TPSA) is 46.0 Å². The molecule has 0 fully saturated rings. The molecule has 2 aromatic rings. The molecule has 0 spiro atoms. The number of hydrogen-bond donors (Lipinski definition) is 1. The fourth-order valence-electron chi connectivity index (χ4n) is 2.02. The van der Waals surface area contributed by atoms with E-state index in [1.165, 1.54) is 0 Å². The number of benzene rings is 1. The molecule has 0 atom stereocenters. The molecule has 5 nitrogen and oxygen atoms in total. The molecular weight excluding hydrogens is 413 g/mol. The third-order valence-corrected chi connectivity index (χ3v) is 3.90. The summed E-state index contributed by atoms with van der Waals surface area (Å²) in [6, 6.07) is 8.13. The van der Waals surface area contributed by atoms with Crippen LogP contribution in [0.25, 0.3) is 11.8 Å². The van der Waals surface area contributed by atoms with E-state index in [1.54, 1.807) is 4.80 Å². The molecule has 0 saturated carbocycles. The summed E-state index contributed by atoms with van der Waals surface area (Å²) >= 11 is 2.19. The van der Waals surface area contributed by atoms with E-state index in [-0.39, 0.29) is 0 Å². The molecule has 126 valence electrons.